The number of para-hydroxylation sites is 1. The Bertz CT molecular complexity index is 623. The van der Waals surface area contributed by atoms with Crippen molar-refractivity contribution in [2.75, 3.05) is 0 Å². The lowest BCUT2D eigenvalue weighted by Gasteiger charge is -2.06. The fourth-order valence-corrected chi connectivity index (χ4v) is 2.16. The molecule has 1 aliphatic carbocycles. The molecule has 86 valence electrons. The van der Waals surface area contributed by atoms with Gasteiger partial charge in [-0.15, -0.1) is 0 Å². The Morgan fingerprint density at radius 2 is 2.12 bits per heavy atom. The molecule has 1 aromatic carbocycles. The van der Waals surface area contributed by atoms with E-state index >= 15 is 0 Å². The Labute approximate surface area is 102 Å². The molecule has 1 saturated carbocycles. The molecule has 0 saturated heterocycles. The molecule has 17 heavy (non-hydrogen) atoms. The van der Waals surface area contributed by atoms with Crippen molar-refractivity contribution in [2.24, 2.45) is 0 Å². The number of fused-ring (bicyclic) bond motifs is 1. The summed E-state index contributed by atoms with van der Waals surface area (Å²) in [5, 5.41) is 10.0. The van der Waals surface area contributed by atoms with Gasteiger partial charge in [0.2, 0.25) is 5.28 Å². The summed E-state index contributed by atoms with van der Waals surface area (Å²) >= 11 is 5.86. The monoisotopic (exact) mass is 248 g/mol. The summed E-state index contributed by atoms with van der Waals surface area (Å²) in [6.07, 6.45) is 2.17. The maximum absolute atomic E-state index is 11.1. The van der Waals surface area contributed by atoms with E-state index in [0.29, 0.717) is 11.4 Å². The maximum Gasteiger partial charge on any atom is 0.337 e. The first-order valence-corrected chi connectivity index (χ1v) is 5.74. The lowest BCUT2D eigenvalue weighted by molar-refractivity contribution is 0.0699. The van der Waals surface area contributed by atoms with Gasteiger partial charge >= 0.3 is 5.97 Å². The summed E-state index contributed by atoms with van der Waals surface area (Å²) in [5.74, 6) is -0.589. The van der Waals surface area contributed by atoms with E-state index in [1.165, 1.54) is 6.07 Å². The molecule has 0 spiro atoms. The van der Waals surface area contributed by atoms with E-state index in [1.807, 2.05) is 6.07 Å². The SMILES string of the molecule is O=C(O)c1cccc2c(C3CC3)nc(Cl)nc12. The Balaban J connectivity index is 2.36. The van der Waals surface area contributed by atoms with E-state index in [4.69, 9.17) is 16.7 Å². The molecule has 1 aliphatic rings. The highest BCUT2D eigenvalue weighted by atomic mass is 35.5. The largest absolute Gasteiger partial charge is 0.478 e. The molecule has 0 bridgehead atoms. The van der Waals surface area contributed by atoms with E-state index < -0.39 is 5.97 Å². The Kier molecular flexibility index (Phi) is 2.26. The van der Waals surface area contributed by atoms with Crippen LogP contribution >= 0.6 is 11.6 Å². The fraction of sp³-hybridized carbons (Fsp3) is 0.250. The highest BCUT2D eigenvalue weighted by Gasteiger charge is 2.28. The van der Waals surface area contributed by atoms with Crippen molar-refractivity contribution >= 4 is 28.5 Å². The number of carboxylic acid groups (broad SMARTS) is 1. The van der Waals surface area contributed by atoms with Gasteiger partial charge in [0.15, 0.2) is 0 Å². The van der Waals surface area contributed by atoms with Crippen LogP contribution < -0.4 is 0 Å². The quantitative estimate of drug-likeness (QED) is 0.830. The van der Waals surface area contributed by atoms with Gasteiger partial charge in [-0.1, -0.05) is 12.1 Å². The van der Waals surface area contributed by atoms with Crippen molar-refractivity contribution in [3.63, 3.8) is 0 Å². The van der Waals surface area contributed by atoms with E-state index in [9.17, 15) is 4.79 Å². The van der Waals surface area contributed by atoms with Crippen LogP contribution in [0, 0.1) is 0 Å². The van der Waals surface area contributed by atoms with Gasteiger partial charge in [0.05, 0.1) is 16.8 Å². The fourth-order valence-electron chi connectivity index (χ4n) is 1.99. The van der Waals surface area contributed by atoms with Crippen molar-refractivity contribution in [3.05, 3.63) is 34.7 Å². The van der Waals surface area contributed by atoms with Gasteiger partial charge in [-0.3, -0.25) is 0 Å². The molecular formula is C12H9ClN2O2. The average Bonchev–Trinajstić information content (AvgIpc) is 3.10. The van der Waals surface area contributed by atoms with Crippen LogP contribution in [-0.4, -0.2) is 21.0 Å². The van der Waals surface area contributed by atoms with Crippen LogP contribution in [0.15, 0.2) is 18.2 Å². The van der Waals surface area contributed by atoms with Crippen LogP contribution in [0.1, 0.15) is 34.8 Å². The van der Waals surface area contributed by atoms with E-state index in [1.54, 1.807) is 6.07 Å². The van der Waals surface area contributed by atoms with Crippen LogP contribution in [0.5, 0.6) is 0 Å². The summed E-state index contributed by atoms with van der Waals surface area (Å²) in [7, 11) is 0. The molecule has 4 nitrogen and oxygen atoms in total. The number of aromatic carboxylic acids is 1. The number of hydrogen-bond donors (Lipinski definition) is 1. The molecule has 0 radical (unpaired) electrons. The molecule has 0 atom stereocenters. The Hall–Kier alpha value is -1.68. The molecule has 0 aliphatic heterocycles. The highest BCUT2D eigenvalue weighted by molar-refractivity contribution is 6.28. The molecule has 2 aromatic rings. The zero-order chi connectivity index (χ0) is 12.0. The summed E-state index contributed by atoms with van der Waals surface area (Å²) in [6, 6.07) is 5.10. The second-order valence-corrected chi connectivity index (χ2v) is 4.50. The number of halogens is 1. The van der Waals surface area contributed by atoms with Crippen LogP contribution in [-0.2, 0) is 0 Å². The van der Waals surface area contributed by atoms with E-state index in [-0.39, 0.29) is 10.8 Å². The number of rotatable bonds is 2. The zero-order valence-corrected chi connectivity index (χ0v) is 9.61. The van der Waals surface area contributed by atoms with Gasteiger partial charge in [0.25, 0.3) is 0 Å². The summed E-state index contributed by atoms with van der Waals surface area (Å²) in [6.45, 7) is 0. The average molecular weight is 249 g/mol. The Morgan fingerprint density at radius 1 is 1.35 bits per heavy atom. The number of aromatic nitrogens is 2. The number of carboxylic acids is 1. The second kappa shape index (κ2) is 3.67. The molecule has 0 unspecified atom stereocenters. The molecule has 1 fully saturated rings. The van der Waals surface area contributed by atoms with Gasteiger partial charge in [-0.2, -0.15) is 0 Å². The minimum Gasteiger partial charge on any atom is -0.478 e. The minimum atomic E-state index is -0.993. The first-order valence-electron chi connectivity index (χ1n) is 5.36. The maximum atomic E-state index is 11.1. The molecule has 0 amide bonds. The van der Waals surface area contributed by atoms with Gasteiger partial charge in [-0.25, -0.2) is 14.8 Å². The molecule has 3 rings (SSSR count). The van der Waals surface area contributed by atoms with Crippen molar-refractivity contribution in [1.29, 1.82) is 0 Å². The Morgan fingerprint density at radius 3 is 2.76 bits per heavy atom. The van der Waals surface area contributed by atoms with Gasteiger partial charge < -0.3 is 5.11 Å². The molecule has 5 heteroatoms. The third-order valence-electron chi connectivity index (χ3n) is 2.92. The second-order valence-electron chi connectivity index (χ2n) is 4.16. The number of nitrogens with zero attached hydrogens (tertiary/aromatic N) is 2. The number of hydrogen-bond acceptors (Lipinski definition) is 3. The minimum absolute atomic E-state index is 0.119. The smallest absolute Gasteiger partial charge is 0.337 e. The van der Waals surface area contributed by atoms with Gasteiger partial charge in [-0.05, 0) is 30.5 Å². The molecule has 1 N–H and O–H groups in total. The van der Waals surface area contributed by atoms with E-state index in [0.717, 1.165) is 23.9 Å². The molecule has 1 aromatic heterocycles. The first kappa shape index (κ1) is 10.5. The number of benzene rings is 1. The first-order chi connectivity index (χ1) is 8.16. The predicted molar refractivity (Wildman–Crippen MR) is 63.5 cm³/mol. The van der Waals surface area contributed by atoms with Crippen molar-refractivity contribution in [1.82, 2.24) is 9.97 Å². The molecular weight excluding hydrogens is 240 g/mol. The predicted octanol–water partition coefficient (Wildman–Crippen LogP) is 2.86. The van der Waals surface area contributed by atoms with Gasteiger partial charge in [0, 0.05) is 11.3 Å². The summed E-state index contributed by atoms with van der Waals surface area (Å²) < 4.78 is 0. The zero-order valence-electron chi connectivity index (χ0n) is 8.85. The van der Waals surface area contributed by atoms with E-state index in [2.05, 4.69) is 9.97 Å². The molecule has 1 heterocycles. The van der Waals surface area contributed by atoms with Gasteiger partial charge in [0.1, 0.15) is 0 Å². The van der Waals surface area contributed by atoms with Crippen molar-refractivity contribution < 1.29 is 9.90 Å². The lowest BCUT2D eigenvalue weighted by atomic mass is 10.1. The third-order valence-corrected chi connectivity index (χ3v) is 3.09. The van der Waals surface area contributed by atoms with Crippen molar-refractivity contribution in [3.8, 4) is 0 Å². The summed E-state index contributed by atoms with van der Waals surface area (Å²) in [5.41, 5.74) is 1.48. The van der Waals surface area contributed by atoms with Crippen molar-refractivity contribution in [2.45, 2.75) is 18.8 Å². The summed E-state index contributed by atoms with van der Waals surface area (Å²) in [4.78, 5) is 19.4. The number of carbonyl (C=O) groups is 1. The third kappa shape index (κ3) is 1.74. The van der Waals surface area contributed by atoms with Crippen LogP contribution in [0.4, 0.5) is 0 Å². The van der Waals surface area contributed by atoms with Crippen LogP contribution in [0.2, 0.25) is 5.28 Å². The standard InChI is InChI=1S/C12H9ClN2O2/c13-12-14-9(6-4-5-6)7-2-1-3-8(11(16)17)10(7)15-12/h1-3,6H,4-5H2,(H,16,17). The normalized spacial score (nSPS) is 15.1. The van der Waals surface area contributed by atoms with Crippen LogP contribution in [0.3, 0.4) is 0 Å². The topological polar surface area (TPSA) is 63.1 Å². The van der Waals surface area contributed by atoms with Crippen LogP contribution in [0.25, 0.3) is 10.9 Å². The lowest BCUT2D eigenvalue weighted by Crippen LogP contribution is -2.02. The highest BCUT2D eigenvalue weighted by Crippen LogP contribution is 2.42.